The van der Waals surface area contributed by atoms with Gasteiger partial charge in [0, 0.05) is 24.0 Å². The number of nitrogens with one attached hydrogen (secondary N) is 1. The Hall–Kier alpha value is -1.95. The molecule has 1 aromatic heterocycles. The number of likely N-dealkylation sites (N-methyl/N-ethyl adjacent to an activating group) is 1. The number of carboxylic acid groups (broad SMARTS) is 1. The van der Waals surface area contributed by atoms with E-state index in [-0.39, 0.29) is 24.5 Å². The van der Waals surface area contributed by atoms with Crippen molar-refractivity contribution in [1.29, 1.82) is 0 Å². The Labute approximate surface area is 130 Å². The average Bonchev–Trinajstić information content (AvgIpc) is 2.42. The number of pyridine rings is 1. The molecular weight excluding hydrogens is 282 g/mol. The molecule has 0 aliphatic heterocycles. The van der Waals surface area contributed by atoms with Gasteiger partial charge in [-0.2, -0.15) is 0 Å². The van der Waals surface area contributed by atoms with Gasteiger partial charge >= 0.3 is 5.97 Å². The minimum absolute atomic E-state index is 0.00427. The summed E-state index contributed by atoms with van der Waals surface area (Å²) in [5.41, 5.74) is 1.84. The number of aryl methyl sites for hydroxylation is 1. The summed E-state index contributed by atoms with van der Waals surface area (Å²) in [6.45, 7) is 4.65. The zero-order valence-corrected chi connectivity index (χ0v) is 13.1. The molecule has 1 aromatic rings. The molecule has 1 aliphatic rings. The van der Waals surface area contributed by atoms with E-state index in [0.717, 1.165) is 24.1 Å². The average molecular weight is 305 g/mol. The molecule has 2 N–H and O–H groups in total. The fourth-order valence-electron chi connectivity index (χ4n) is 2.74. The second-order valence-corrected chi connectivity index (χ2v) is 5.83. The first kappa shape index (κ1) is 16.4. The molecule has 1 aliphatic carbocycles. The highest BCUT2D eigenvalue weighted by Crippen LogP contribution is 2.25. The molecule has 0 unspecified atom stereocenters. The lowest BCUT2D eigenvalue weighted by Crippen LogP contribution is -2.55. The number of rotatable bonds is 7. The molecule has 0 atom stereocenters. The van der Waals surface area contributed by atoms with Crippen LogP contribution in [0.2, 0.25) is 0 Å². The van der Waals surface area contributed by atoms with Gasteiger partial charge in [0.25, 0.3) is 0 Å². The van der Waals surface area contributed by atoms with Crippen LogP contribution in [-0.4, -0.2) is 52.0 Å². The Balaban J connectivity index is 1.73. The summed E-state index contributed by atoms with van der Waals surface area (Å²) in [6.07, 6.45) is 3.70. The highest BCUT2D eigenvalue weighted by Gasteiger charge is 2.34. The van der Waals surface area contributed by atoms with Crippen molar-refractivity contribution in [3.05, 3.63) is 29.6 Å². The second-order valence-electron chi connectivity index (χ2n) is 5.83. The van der Waals surface area contributed by atoms with Crippen molar-refractivity contribution >= 4 is 11.9 Å². The van der Waals surface area contributed by atoms with Crippen LogP contribution in [0.3, 0.4) is 0 Å². The van der Waals surface area contributed by atoms with E-state index in [1.807, 2.05) is 30.9 Å². The van der Waals surface area contributed by atoms with Gasteiger partial charge in [-0.1, -0.05) is 13.0 Å². The molecule has 0 bridgehead atoms. The molecule has 6 nitrogen and oxygen atoms in total. The van der Waals surface area contributed by atoms with E-state index in [4.69, 9.17) is 5.11 Å². The smallest absolute Gasteiger partial charge is 0.317 e. The summed E-state index contributed by atoms with van der Waals surface area (Å²) in [4.78, 5) is 28.9. The molecule has 1 saturated carbocycles. The van der Waals surface area contributed by atoms with Crippen molar-refractivity contribution in [2.24, 2.45) is 0 Å². The molecule has 22 heavy (non-hydrogen) atoms. The van der Waals surface area contributed by atoms with Gasteiger partial charge in [0.15, 0.2) is 0 Å². The van der Waals surface area contributed by atoms with E-state index in [1.54, 1.807) is 6.20 Å². The molecule has 0 spiro atoms. The first-order chi connectivity index (χ1) is 10.5. The van der Waals surface area contributed by atoms with Gasteiger partial charge in [0.2, 0.25) is 5.91 Å². The number of carbonyl (C=O) groups is 2. The summed E-state index contributed by atoms with van der Waals surface area (Å²) in [5, 5.41) is 11.9. The normalized spacial score (nSPS) is 20.5. The number of nitrogens with zero attached hydrogens (tertiary/aromatic N) is 2. The lowest BCUT2D eigenvalue weighted by Gasteiger charge is -2.42. The molecule has 0 saturated heterocycles. The topological polar surface area (TPSA) is 82.5 Å². The predicted molar refractivity (Wildman–Crippen MR) is 82.5 cm³/mol. The van der Waals surface area contributed by atoms with Gasteiger partial charge in [-0.25, -0.2) is 0 Å². The molecule has 1 heterocycles. The monoisotopic (exact) mass is 305 g/mol. The number of aromatic nitrogens is 1. The summed E-state index contributed by atoms with van der Waals surface area (Å²) < 4.78 is 0. The minimum Gasteiger partial charge on any atom is -0.480 e. The van der Waals surface area contributed by atoms with E-state index in [0.29, 0.717) is 13.0 Å². The molecule has 0 radical (unpaired) electrons. The Morgan fingerprint density at radius 2 is 2.14 bits per heavy atom. The summed E-state index contributed by atoms with van der Waals surface area (Å²) >= 11 is 0. The van der Waals surface area contributed by atoms with E-state index in [1.165, 1.54) is 0 Å². The van der Waals surface area contributed by atoms with Gasteiger partial charge < -0.3 is 10.4 Å². The zero-order chi connectivity index (χ0) is 16.1. The summed E-state index contributed by atoms with van der Waals surface area (Å²) in [5.74, 6) is -0.809. The maximum atomic E-state index is 12.0. The van der Waals surface area contributed by atoms with E-state index in [9.17, 15) is 9.59 Å². The molecular formula is C16H23N3O3. The van der Waals surface area contributed by atoms with Crippen LogP contribution in [0.15, 0.2) is 18.3 Å². The summed E-state index contributed by atoms with van der Waals surface area (Å²) in [6, 6.07) is 4.22. The first-order valence-corrected chi connectivity index (χ1v) is 7.64. The highest BCUT2D eigenvalue weighted by molar-refractivity contribution is 5.78. The quantitative estimate of drug-likeness (QED) is 0.785. The fraction of sp³-hybridized carbons (Fsp3) is 0.562. The Morgan fingerprint density at radius 3 is 2.68 bits per heavy atom. The maximum Gasteiger partial charge on any atom is 0.317 e. The number of hydrogen-bond donors (Lipinski definition) is 2. The van der Waals surface area contributed by atoms with Crippen LogP contribution in [0.5, 0.6) is 0 Å². The van der Waals surface area contributed by atoms with Crippen molar-refractivity contribution in [1.82, 2.24) is 15.2 Å². The van der Waals surface area contributed by atoms with Gasteiger partial charge in [-0.05, 0) is 37.9 Å². The molecule has 6 heteroatoms. The highest BCUT2D eigenvalue weighted by atomic mass is 16.4. The summed E-state index contributed by atoms with van der Waals surface area (Å²) in [7, 11) is 0. The van der Waals surface area contributed by atoms with E-state index in [2.05, 4.69) is 10.3 Å². The number of amides is 1. The fourth-order valence-corrected chi connectivity index (χ4v) is 2.74. The lowest BCUT2D eigenvalue weighted by atomic mass is 9.85. The van der Waals surface area contributed by atoms with Gasteiger partial charge in [0.05, 0.1) is 13.0 Å². The third kappa shape index (κ3) is 4.53. The maximum absolute atomic E-state index is 12.0. The van der Waals surface area contributed by atoms with Crippen LogP contribution in [0.25, 0.3) is 0 Å². The van der Waals surface area contributed by atoms with Crippen LogP contribution >= 0.6 is 0 Å². The van der Waals surface area contributed by atoms with Crippen molar-refractivity contribution in [3.63, 3.8) is 0 Å². The van der Waals surface area contributed by atoms with Crippen molar-refractivity contribution in [2.75, 3.05) is 13.1 Å². The lowest BCUT2D eigenvalue weighted by molar-refractivity contribution is -0.139. The Morgan fingerprint density at radius 1 is 1.41 bits per heavy atom. The van der Waals surface area contributed by atoms with Gasteiger partial charge in [0.1, 0.15) is 0 Å². The van der Waals surface area contributed by atoms with Crippen LogP contribution < -0.4 is 5.32 Å². The van der Waals surface area contributed by atoms with Crippen molar-refractivity contribution in [2.45, 2.75) is 45.2 Å². The third-order valence-electron chi connectivity index (χ3n) is 4.08. The largest absolute Gasteiger partial charge is 0.480 e. The molecule has 120 valence electrons. The Bertz CT molecular complexity index is 524. The minimum atomic E-state index is -0.804. The number of hydrogen-bond acceptors (Lipinski definition) is 4. The van der Waals surface area contributed by atoms with Crippen LogP contribution in [-0.2, 0) is 16.0 Å². The number of carboxylic acids is 1. The van der Waals surface area contributed by atoms with Crippen molar-refractivity contribution < 1.29 is 14.7 Å². The number of aliphatic carboxylic acids is 1. The van der Waals surface area contributed by atoms with Crippen LogP contribution in [0.4, 0.5) is 0 Å². The molecule has 1 fully saturated rings. The van der Waals surface area contributed by atoms with Crippen molar-refractivity contribution in [3.8, 4) is 0 Å². The van der Waals surface area contributed by atoms with E-state index >= 15 is 0 Å². The van der Waals surface area contributed by atoms with Crippen LogP contribution in [0, 0.1) is 6.92 Å². The predicted octanol–water partition coefficient (Wildman–Crippen LogP) is 0.986. The van der Waals surface area contributed by atoms with E-state index < -0.39 is 5.97 Å². The van der Waals surface area contributed by atoms with Gasteiger partial charge in [-0.15, -0.1) is 0 Å². The molecule has 1 amide bonds. The second kappa shape index (κ2) is 7.35. The standard InChI is InChI=1S/C16H23N3O3/c1-3-19(10-16(21)22)14-7-13(8-14)18-15(20)6-12-5-4-11(2)17-9-12/h4-5,9,13-14H,3,6-8,10H2,1-2H3,(H,18,20)(H,21,22). The van der Waals surface area contributed by atoms with Gasteiger partial charge in [-0.3, -0.25) is 19.5 Å². The van der Waals surface area contributed by atoms with Crippen LogP contribution in [0.1, 0.15) is 31.0 Å². The zero-order valence-electron chi connectivity index (χ0n) is 13.1. The SMILES string of the molecule is CCN(CC(=O)O)C1CC(NC(=O)Cc2ccc(C)nc2)C1. The first-order valence-electron chi connectivity index (χ1n) is 7.64. The molecule has 0 aromatic carbocycles. The Kier molecular flexibility index (Phi) is 5.49. The molecule has 2 rings (SSSR count). The third-order valence-corrected chi connectivity index (χ3v) is 4.08. The number of carbonyl (C=O) groups excluding carboxylic acids is 1.